The number of imidazole rings is 1. The van der Waals surface area contributed by atoms with Crippen molar-refractivity contribution in [3.63, 3.8) is 0 Å². The highest BCUT2D eigenvalue weighted by atomic mass is 15.2. The van der Waals surface area contributed by atoms with Crippen LogP contribution < -0.4 is 4.57 Å². The molecule has 112 valence electrons. The third-order valence-electron chi connectivity index (χ3n) is 5.12. The molecule has 0 unspecified atom stereocenters. The molecular weight excluding hydrogens is 268 g/mol. The van der Waals surface area contributed by atoms with Crippen molar-refractivity contribution in [3.05, 3.63) is 54.1 Å². The third kappa shape index (κ3) is 1.98. The summed E-state index contributed by atoms with van der Waals surface area (Å²) in [7, 11) is 2.20. The molecule has 3 aromatic rings. The molecule has 1 aliphatic rings. The molecule has 1 saturated carbocycles. The van der Waals surface area contributed by atoms with E-state index >= 15 is 0 Å². The molecule has 2 heteroatoms. The zero-order chi connectivity index (χ0) is 15.1. The summed E-state index contributed by atoms with van der Waals surface area (Å²) in [6.45, 7) is 2.21. The van der Waals surface area contributed by atoms with Crippen LogP contribution in [0.5, 0.6) is 0 Å². The van der Waals surface area contributed by atoms with Gasteiger partial charge in [0.1, 0.15) is 6.04 Å². The first-order valence-corrected chi connectivity index (χ1v) is 8.32. The van der Waals surface area contributed by atoms with Gasteiger partial charge in [0.25, 0.3) is 5.82 Å². The monoisotopic (exact) mass is 291 g/mol. The number of benzene rings is 2. The van der Waals surface area contributed by atoms with Gasteiger partial charge in [0, 0.05) is 0 Å². The minimum absolute atomic E-state index is 0.640. The lowest BCUT2D eigenvalue weighted by molar-refractivity contribution is -0.634. The van der Waals surface area contributed by atoms with Gasteiger partial charge in [-0.3, -0.25) is 0 Å². The van der Waals surface area contributed by atoms with Crippen molar-refractivity contribution in [2.24, 2.45) is 7.05 Å². The van der Waals surface area contributed by atoms with Crippen molar-refractivity contribution in [3.8, 4) is 11.4 Å². The second-order valence-corrected chi connectivity index (χ2v) is 6.49. The Labute approximate surface area is 132 Å². The van der Waals surface area contributed by atoms with Crippen molar-refractivity contribution in [2.75, 3.05) is 0 Å². The number of hydrogen-bond acceptors (Lipinski definition) is 0. The Bertz CT molecular complexity index is 823. The summed E-state index contributed by atoms with van der Waals surface area (Å²) in [6, 6.07) is 18.2. The molecule has 0 saturated heterocycles. The number of para-hydroxylation sites is 2. The van der Waals surface area contributed by atoms with Crippen molar-refractivity contribution in [1.29, 1.82) is 0 Å². The zero-order valence-electron chi connectivity index (χ0n) is 13.4. The van der Waals surface area contributed by atoms with E-state index in [0.717, 1.165) is 0 Å². The Balaban J connectivity index is 2.06. The maximum Gasteiger partial charge on any atom is 0.290 e. The van der Waals surface area contributed by atoms with E-state index in [1.165, 1.54) is 53.7 Å². The van der Waals surface area contributed by atoms with E-state index in [2.05, 4.69) is 71.6 Å². The first-order valence-electron chi connectivity index (χ1n) is 8.32. The first-order chi connectivity index (χ1) is 10.8. The molecule has 0 bridgehead atoms. The Morgan fingerprint density at radius 2 is 1.64 bits per heavy atom. The minimum atomic E-state index is 0.640. The van der Waals surface area contributed by atoms with E-state index in [0.29, 0.717) is 6.04 Å². The van der Waals surface area contributed by atoms with E-state index in [9.17, 15) is 0 Å². The van der Waals surface area contributed by atoms with E-state index < -0.39 is 0 Å². The van der Waals surface area contributed by atoms with Gasteiger partial charge in [0.2, 0.25) is 0 Å². The van der Waals surface area contributed by atoms with Crippen LogP contribution in [0.3, 0.4) is 0 Å². The molecule has 2 nitrogen and oxygen atoms in total. The maximum absolute atomic E-state index is 2.60. The van der Waals surface area contributed by atoms with E-state index in [1.807, 2.05) is 0 Å². The van der Waals surface area contributed by atoms with E-state index in [-0.39, 0.29) is 0 Å². The summed E-state index contributed by atoms with van der Waals surface area (Å²) in [5.41, 5.74) is 5.40. The van der Waals surface area contributed by atoms with Gasteiger partial charge in [-0.15, -0.1) is 0 Å². The fourth-order valence-electron chi connectivity index (χ4n) is 4.01. The van der Waals surface area contributed by atoms with E-state index in [1.54, 1.807) is 0 Å². The molecule has 0 aliphatic heterocycles. The van der Waals surface area contributed by atoms with Gasteiger partial charge in [0.15, 0.2) is 11.0 Å². The van der Waals surface area contributed by atoms with Crippen LogP contribution in [0.1, 0.15) is 37.3 Å². The fourth-order valence-corrected chi connectivity index (χ4v) is 4.01. The summed E-state index contributed by atoms with van der Waals surface area (Å²) in [5.74, 6) is 1.35. The SMILES string of the molecule is Cc1ccccc1-c1n(C2CCCC2)c2ccccc2[n+]1C. The average molecular weight is 291 g/mol. The quantitative estimate of drug-likeness (QED) is 0.612. The smallest absolute Gasteiger partial charge is 0.226 e. The van der Waals surface area contributed by atoms with Crippen LogP contribution in [-0.2, 0) is 7.05 Å². The topological polar surface area (TPSA) is 8.81 Å². The first kappa shape index (κ1) is 13.6. The molecule has 0 amide bonds. The summed E-state index contributed by atoms with van der Waals surface area (Å²) < 4.78 is 4.97. The highest BCUT2D eigenvalue weighted by Gasteiger charge is 2.32. The number of nitrogens with zero attached hydrogens (tertiary/aromatic N) is 2. The van der Waals surface area contributed by atoms with Gasteiger partial charge >= 0.3 is 0 Å². The standard InChI is InChI=1S/C20H23N2/c1-15-9-3-6-12-17(15)20-21(2)18-13-7-8-14-19(18)22(20)16-10-4-5-11-16/h3,6-9,12-14,16H,4-5,10-11H2,1-2H3/q+1. The number of aromatic nitrogens is 2. The van der Waals surface area contributed by atoms with Crippen LogP contribution in [0.15, 0.2) is 48.5 Å². The molecule has 0 radical (unpaired) electrons. The Kier molecular flexibility index (Phi) is 3.25. The fraction of sp³-hybridized carbons (Fsp3) is 0.350. The van der Waals surface area contributed by atoms with Gasteiger partial charge < -0.3 is 0 Å². The van der Waals surface area contributed by atoms with Crippen LogP contribution in [0.25, 0.3) is 22.4 Å². The molecule has 0 N–H and O–H groups in total. The number of hydrogen-bond donors (Lipinski definition) is 0. The Hall–Kier alpha value is -2.09. The second-order valence-electron chi connectivity index (χ2n) is 6.49. The summed E-state index contributed by atoms with van der Waals surface area (Å²) in [4.78, 5) is 0. The minimum Gasteiger partial charge on any atom is -0.226 e. The predicted octanol–water partition coefficient (Wildman–Crippen LogP) is 4.56. The van der Waals surface area contributed by atoms with Gasteiger partial charge in [0.05, 0.1) is 12.6 Å². The second kappa shape index (κ2) is 5.28. The van der Waals surface area contributed by atoms with Crippen LogP contribution in [0.4, 0.5) is 0 Å². The van der Waals surface area contributed by atoms with Crippen molar-refractivity contribution in [1.82, 2.24) is 4.57 Å². The van der Waals surface area contributed by atoms with Crippen LogP contribution in [0.2, 0.25) is 0 Å². The van der Waals surface area contributed by atoms with Crippen LogP contribution in [0, 0.1) is 6.92 Å². The third-order valence-corrected chi connectivity index (χ3v) is 5.12. The van der Waals surface area contributed by atoms with Crippen LogP contribution in [-0.4, -0.2) is 4.57 Å². The lowest BCUT2D eigenvalue weighted by Crippen LogP contribution is -2.31. The molecule has 1 aromatic heterocycles. The van der Waals surface area contributed by atoms with Crippen molar-refractivity contribution >= 4 is 11.0 Å². The van der Waals surface area contributed by atoms with Crippen molar-refractivity contribution in [2.45, 2.75) is 38.6 Å². The summed E-state index contributed by atoms with van der Waals surface area (Å²) in [5, 5.41) is 0. The van der Waals surface area contributed by atoms with Gasteiger partial charge in [-0.05, 0) is 56.4 Å². The molecular formula is C20H23N2+. The van der Waals surface area contributed by atoms with Gasteiger partial charge in [-0.25, -0.2) is 9.13 Å². The van der Waals surface area contributed by atoms with Gasteiger partial charge in [-0.1, -0.05) is 30.3 Å². The zero-order valence-corrected chi connectivity index (χ0v) is 13.4. The molecule has 1 fully saturated rings. The highest BCUT2D eigenvalue weighted by molar-refractivity contribution is 5.77. The summed E-state index contributed by atoms with van der Waals surface area (Å²) >= 11 is 0. The molecule has 4 rings (SSSR count). The lowest BCUT2D eigenvalue weighted by Gasteiger charge is -2.11. The number of rotatable bonds is 2. The Morgan fingerprint density at radius 3 is 2.41 bits per heavy atom. The largest absolute Gasteiger partial charge is 0.290 e. The van der Waals surface area contributed by atoms with E-state index in [4.69, 9.17) is 0 Å². The van der Waals surface area contributed by atoms with Gasteiger partial charge in [-0.2, -0.15) is 0 Å². The summed E-state index contributed by atoms with van der Waals surface area (Å²) in [6.07, 6.45) is 5.32. The molecule has 22 heavy (non-hydrogen) atoms. The molecule has 0 atom stereocenters. The predicted molar refractivity (Wildman–Crippen MR) is 90.8 cm³/mol. The Morgan fingerprint density at radius 1 is 0.955 bits per heavy atom. The molecule has 1 heterocycles. The average Bonchev–Trinajstić information content (AvgIpc) is 3.15. The molecule has 2 aromatic carbocycles. The van der Waals surface area contributed by atoms with Crippen LogP contribution >= 0.6 is 0 Å². The number of aryl methyl sites for hydroxylation is 2. The maximum atomic E-state index is 2.60. The highest BCUT2D eigenvalue weighted by Crippen LogP contribution is 2.36. The number of fused-ring (bicyclic) bond motifs is 1. The molecule has 1 aliphatic carbocycles. The lowest BCUT2D eigenvalue weighted by atomic mass is 10.1. The van der Waals surface area contributed by atoms with Crippen molar-refractivity contribution < 1.29 is 4.57 Å². The normalized spacial score (nSPS) is 15.7. The molecule has 0 spiro atoms.